The van der Waals surface area contributed by atoms with Gasteiger partial charge in [-0.05, 0) is 31.9 Å². The zero-order valence-electron chi connectivity index (χ0n) is 17.8. The molecule has 1 saturated heterocycles. The van der Waals surface area contributed by atoms with Crippen LogP contribution in [-0.4, -0.2) is 49.1 Å². The monoisotopic (exact) mass is 490 g/mol. The van der Waals surface area contributed by atoms with Crippen molar-refractivity contribution in [3.8, 4) is 16.3 Å². The minimum atomic E-state index is -0.705. The van der Waals surface area contributed by atoms with E-state index < -0.39 is 29.1 Å². The summed E-state index contributed by atoms with van der Waals surface area (Å²) in [6.45, 7) is 4.15. The summed E-state index contributed by atoms with van der Waals surface area (Å²) in [5.41, 5.74) is -0.289. The zero-order chi connectivity index (χ0) is 23.4. The van der Waals surface area contributed by atoms with Crippen molar-refractivity contribution in [1.82, 2.24) is 19.7 Å². The molecule has 1 amide bonds. The number of hydrogen-bond acceptors (Lipinski definition) is 7. The summed E-state index contributed by atoms with van der Waals surface area (Å²) in [6.07, 6.45) is 1.83. The minimum Gasteiger partial charge on any atom is -0.503 e. The number of aromatic hydroxyl groups is 1. The number of aromatic nitrogens is 3. The number of benzene rings is 1. The van der Waals surface area contributed by atoms with Crippen molar-refractivity contribution in [2.45, 2.75) is 51.6 Å². The highest BCUT2D eigenvalue weighted by Gasteiger charge is 2.42. The van der Waals surface area contributed by atoms with Gasteiger partial charge < -0.3 is 19.3 Å². The standard InChI is InChI=1S/C22H20ClFN4O4S/c1-10-6-11(2)32-16-9-27-8-13(19(29)20(30)18(27)22(31)28(10)16)21-26-25-15(33-21)7-12-4-3-5-14(23)17(12)24/h3-5,8,10-11,16,30H,6-7,9H2,1-2H3/t10-,11-,16+/m1/s1. The summed E-state index contributed by atoms with van der Waals surface area (Å²) < 4.78 is 21.7. The first kappa shape index (κ1) is 22.0. The van der Waals surface area contributed by atoms with Crippen LogP contribution in [0.5, 0.6) is 5.75 Å². The van der Waals surface area contributed by atoms with Gasteiger partial charge in [-0.15, -0.1) is 10.2 Å². The number of hydrogen-bond donors (Lipinski definition) is 1. The van der Waals surface area contributed by atoms with Gasteiger partial charge in [-0.25, -0.2) is 4.39 Å². The molecule has 2 aliphatic heterocycles. The molecule has 0 radical (unpaired) electrons. The summed E-state index contributed by atoms with van der Waals surface area (Å²) in [5, 5.41) is 19.6. The Hall–Kier alpha value is -2.82. The summed E-state index contributed by atoms with van der Waals surface area (Å²) in [7, 11) is 0. The Balaban J connectivity index is 1.51. The Bertz CT molecular complexity index is 1330. The maximum atomic E-state index is 14.2. The van der Waals surface area contributed by atoms with Crippen molar-refractivity contribution in [1.29, 1.82) is 0 Å². The molecule has 8 nitrogen and oxygen atoms in total. The van der Waals surface area contributed by atoms with E-state index in [0.717, 1.165) is 11.3 Å². The third kappa shape index (κ3) is 3.71. The Morgan fingerprint density at radius 2 is 2.09 bits per heavy atom. The number of halogens is 2. The second kappa shape index (κ2) is 8.19. The first-order valence-corrected chi connectivity index (χ1v) is 11.6. The lowest BCUT2D eigenvalue weighted by atomic mass is 10.0. The number of pyridine rings is 1. The fourth-order valence-electron chi connectivity index (χ4n) is 4.47. The number of ether oxygens (including phenoxy) is 1. The quantitative estimate of drug-likeness (QED) is 0.604. The second-order valence-electron chi connectivity index (χ2n) is 8.31. The van der Waals surface area contributed by atoms with Gasteiger partial charge in [-0.1, -0.05) is 35.1 Å². The van der Waals surface area contributed by atoms with E-state index in [1.165, 1.54) is 16.8 Å². The molecule has 0 aliphatic carbocycles. The number of nitrogens with zero attached hydrogens (tertiary/aromatic N) is 4. The third-order valence-corrected chi connectivity index (χ3v) is 7.21. The number of amides is 1. The summed E-state index contributed by atoms with van der Waals surface area (Å²) in [5.74, 6) is -1.60. The second-order valence-corrected chi connectivity index (χ2v) is 9.78. The molecule has 33 heavy (non-hydrogen) atoms. The van der Waals surface area contributed by atoms with Crippen LogP contribution in [0.4, 0.5) is 4.39 Å². The van der Waals surface area contributed by atoms with Crippen molar-refractivity contribution in [2.75, 3.05) is 0 Å². The zero-order valence-corrected chi connectivity index (χ0v) is 19.4. The van der Waals surface area contributed by atoms with Crippen LogP contribution in [0.2, 0.25) is 5.02 Å². The van der Waals surface area contributed by atoms with Crippen molar-refractivity contribution in [3.63, 3.8) is 0 Å². The van der Waals surface area contributed by atoms with Crippen LogP contribution < -0.4 is 5.43 Å². The molecule has 0 spiro atoms. The Morgan fingerprint density at radius 1 is 1.30 bits per heavy atom. The molecule has 1 N–H and O–H groups in total. The van der Waals surface area contributed by atoms with Gasteiger partial charge >= 0.3 is 0 Å². The summed E-state index contributed by atoms with van der Waals surface area (Å²) in [4.78, 5) is 27.6. The van der Waals surface area contributed by atoms with Gasteiger partial charge in [0.1, 0.15) is 10.8 Å². The lowest BCUT2D eigenvalue weighted by Gasteiger charge is -2.46. The predicted octanol–water partition coefficient (Wildman–Crippen LogP) is 3.43. The topological polar surface area (TPSA) is 97.5 Å². The average Bonchev–Trinajstić information content (AvgIpc) is 3.21. The highest BCUT2D eigenvalue weighted by molar-refractivity contribution is 7.14. The van der Waals surface area contributed by atoms with Gasteiger partial charge in [0, 0.05) is 18.7 Å². The first-order chi connectivity index (χ1) is 15.7. The number of rotatable bonds is 3. The molecule has 0 saturated carbocycles. The van der Waals surface area contributed by atoms with Gasteiger partial charge in [0.25, 0.3) is 5.91 Å². The normalized spacial score (nSPS) is 22.2. The molecule has 172 valence electrons. The van der Waals surface area contributed by atoms with Crippen molar-refractivity contribution in [2.24, 2.45) is 0 Å². The molecule has 4 heterocycles. The number of fused-ring (bicyclic) bond motifs is 2. The van der Waals surface area contributed by atoms with E-state index in [1.807, 2.05) is 13.8 Å². The highest BCUT2D eigenvalue weighted by Crippen LogP contribution is 2.33. The maximum absolute atomic E-state index is 14.2. The van der Waals surface area contributed by atoms with Crippen molar-refractivity contribution in [3.05, 3.63) is 61.7 Å². The molecule has 5 rings (SSSR count). The lowest BCUT2D eigenvalue weighted by molar-refractivity contribution is -0.146. The largest absolute Gasteiger partial charge is 0.503 e. The molecule has 0 unspecified atom stereocenters. The predicted molar refractivity (Wildman–Crippen MR) is 120 cm³/mol. The molecule has 11 heteroatoms. The van der Waals surface area contributed by atoms with E-state index >= 15 is 0 Å². The van der Waals surface area contributed by atoms with E-state index in [2.05, 4.69) is 10.2 Å². The van der Waals surface area contributed by atoms with Gasteiger partial charge in [0.05, 0.1) is 23.2 Å². The van der Waals surface area contributed by atoms with Crippen LogP contribution in [-0.2, 0) is 17.7 Å². The number of carbonyl (C=O) groups excluding carboxylic acids is 1. The molecule has 3 aromatic rings. The van der Waals surface area contributed by atoms with E-state index in [0.29, 0.717) is 17.0 Å². The highest BCUT2D eigenvalue weighted by atomic mass is 35.5. The van der Waals surface area contributed by atoms with Crippen molar-refractivity contribution < 1.29 is 19.0 Å². The van der Waals surface area contributed by atoms with E-state index in [1.54, 1.807) is 17.0 Å². The summed E-state index contributed by atoms with van der Waals surface area (Å²) >= 11 is 6.95. The molecular formula is C22H20ClFN4O4S. The van der Waals surface area contributed by atoms with Crippen LogP contribution in [0.25, 0.3) is 10.6 Å². The number of carbonyl (C=O) groups is 1. The van der Waals surface area contributed by atoms with Crippen LogP contribution in [0.3, 0.4) is 0 Å². The van der Waals surface area contributed by atoms with Crippen LogP contribution >= 0.6 is 22.9 Å². The molecule has 1 aromatic carbocycles. The lowest BCUT2D eigenvalue weighted by Crippen LogP contribution is -2.58. The van der Waals surface area contributed by atoms with Crippen LogP contribution in [0, 0.1) is 5.82 Å². The SMILES string of the molecule is C[C@@H]1C[C@@H](C)N2C(=O)c3c(O)c(=O)c(-c4nnc(Cc5cccc(Cl)c5F)s4)cn3C[C@@H]2O1. The molecule has 3 atom stereocenters. The van der Waals surface area contributed by atoms with Gasteiger partial charge in [0.2, 0.25) is 5.43 Å². The van der Waals surface area contributed by atoms with E-state index in [9.17, 15) is 19.1 Å². The molecule has 2 aliphatic rings. The fraction of sp³-hybridized carbons (Fsp3) is 0.364. The Labute approximate surface area is 197 Å². The maximum Gasteiger partial charge on any atom is 0.276 e. The van der Waals surface area contributed by atoms with E-state index in [4.69, 9.17) is 16.3 Å². The van der Waals surface area contributed by atoms with E-state index in [-0.39, 0.29) is 46.4 Å². The molecular weight excluding hydrogens is 471 g/mol. The van der Waals surface area contributed by atoms with Crippen LogP contribution in [0.1, 0.15) is 41.3 Å². The molecule has 1 fully saturated rings. The fourth-order valence-corrected chi connectivity index (χ4v) is 5.54. The van der Waals surface area contributed by atoms with Crippen molar-refractivity contribution >= 4 is 28.8 Å². The third-order valence-electron chi connectivity index (χ3n) is 5.96. The smallest absolute Gasteiger partial charge is 0.276 e. The first-order valence-electron chi connectivity index (χ1n) is 10.4. The summed E-state index contributed by atoms with van der Waals surface area (Å²) in [6, 6.07) is 4.63. The minimum absolute atomic E-state index is 0.0133. The van der Waals surface area contributed by atoms with Crippen LogP contribution in [0.15, 0.2) is 29.2 Å². The van der Waals surface area contributed by atoms with Gasteiger partial charge in [-0.2, -0.15) is 0 Å². The molecule has 0 bridgehead atoms. The Kier molecular flexibility index (Phi) is 5.46. The van der Waals surface area contributed by atoms with Gasteiger partial charge in [0.15, 0.2) is 22.7 Å². The Morgan fingerprint density at radius 3 is 2.88 bits per heavy atom. The van der Waals surface area contributed by atoms with Gasteiger partial charge in [-0.3, -0.25) is 9.59 Å². The molecule has 2 aromatic heterocycles. The average molecular weight is 491 g/mol.